The topological polar surface area (TPSA) is 237 Å². The molecule has 0 fully saturated rings. The molecule has 3 unspecified atom stereocenters. The maximum absolute atomic E-state index is 13.0. The fourth-order valence-electron chi connectivity index (χ4n) is 9.68. The molecule has 0 aromatic heterocycles. The molecule has 0 radical (unpaired) electrons. The maximum Gasteiger partial charge on any atom is 0.472 e. The fourth-order valence-corrected chi connectivity index (χ4v) is 11.3. The first-order chi connectivity index (χ1) is 40.4. The van der Waals surface area contributed by atoms with Crippen LogP contribution in [0.25, 0.3) is 0 Å². The smallest absolute Gasteiger partial charge is 0.462 e. The average Bonchev–Trinajstić information content (AvgIpc) is 3.46. The molecular formula is C65H126O17P2. The van der Waals surface area contributed by atoms with Crippen molar-refractivity contribution >= 4 is 39.5 Å². The molecule has 84 heavy (non-hydrogen) atoms. The van der Waals surface area contributed by atoms with Crippen molar-refractivity contribution in [2.45, 2.75) is 342 Å². The summed E-state index contributed by atoms with van der Waals surface area (Å²) in [5.74, 6) is -0.574. The van der Waals surface area contributed by atoms with Crippen LogP contribution in [0.5, 0.6) is 0 Å². The van der Waals surface area contributed by atoms with Crippen molar-refractivity contribution in [3.8, 4) is 0 Å². The molecular weight excluding hydrogens is 1110 g/mol. The minimum absolute atomic E-state index is 0.106. The van der Waals surface area contributed by atoms with Gasteiger partial charge in [0.2, 0.25) is 0 Å². The van der Waals surface area contributed by atoms with E-state index in [1.165, 1.54) is 128 Å². The van der Waals surface area contributed by atoms with Crippen LogP contribution in [-0.2, 0) is 65.4 Å². The molecule has 17 nitrogen and oxygen atoms in total. The monoisotopic (exact) mass is 1240 g/mol. The van der Waals surface area contributed by atoms with E-state index in [-0.39, 0.29) is 25.7 Å². The van der Waals surface area contributed by atoms with Gasteiger partial charge in [-0.1, -0.05) is 273 Å². The lowest BCUT2D eigenvalue weighted by atomic mass is 9.99. The molecule has 0 saturated carbocycles. The zero-order valence-corrected chi connectivity index (χ0v) is 56.0. The number of unbranched alkanes of at least 4 members (excludes halogenated alkanes) is 33. The van der Waals surface area contributed by atoms with E-state index >= 15 is 0 Å². The van der Waals surface area contributed by atoms with Gasteiger partial charge >= 0.3 is 39.5 Å². The summed E-state index contributed by atoms with van der Waals surface area (Å²) >= 11 is 0. The molecule has 0 aliphatic carbocycles. The highest BCUT2D eigenvalue weighted by Crippen LogP contribution is 2.45. The quantitative estimate of drug-likeness (QED) is 0.0222. The number of phosphoric ester groups is 2. The summed E-state index contributed by atoms with van der Waals surface area (Å²) in [6.07, 6.45) is 40.3. The van der Waals surface area contributed by atoms with Gasteiger partial charge in [-0.2, -0.15) is 0 Å². The van der Waals surface area contributed by atoms with Crippen molar-refractivity contribution in [1.29, 1.82) is 0 Å². The van der Waals surface area contributed by atoms with Crippen LogP contribution in [0.15, 0.2) is 0 Å². The number of ether oxygens (including phenoxy) is 4. The molecule has 6 atom stereocenters. The summed E-state index contributed by atoms with van der Waals surface area (Å²) in [4.78, 5) is 72.2. The number of carbonyl (C=O) groups excluding carboxylic acids is 4. The van der Waals surface area contributed by atoms with Gasteiger partial charge in [-0.15, -0.1) is 0 Å². The number of carbonyl (C=O) groups is 4. The van der Waals surface area contributed by atoms with E-state index in [2.05, 4.69) is 41.5 Å². The summed E-state index contributed by atoms with van der Waals surface area (Å²) in [7, 11) is -9.88. The van der Waals surface area contributed by atoms with Crippen LogP contribution in [0.4, 0.5) is 0 Å². The number of rotatable bonds is 64. The molecule has 0 aromatic carbocycles. The van der Waals surface area contributed by atoms with Crippen LogP contribution in [0.2, 0.25) is 0 Å². The lowest BCUT2D eigenvalue weighted by Gasteiger charge is -2.21. The Bertz CT molecular complexity index is 1650. The normalized spacial score (nSPS) is 14.6. The summed E-state index contributed by atoms with van der Waals surface area (Å²) in [5, 5.41) is 10.5. The first kappa shape index (κ1) is 82.1. The van der Waals surface area contributed by atoms with Crippen LogP contribution in [0.3, 0.4) is 0 Å². The Morgan fingerprint density at radius 3 is 0.905 bits per heavy atom. The summed E-state index contributed by atoms with van der Waals surface area (Å²) in [6, 6.07) is 0. The second kappa shape index (κ2) is 57.5. The number of aliphatic hydroxyl groups is 1. The minimum Gasteiger partial charge on any atom is -0.462 e. The van der Waals surface area contributed by atoms with Crippen molar-refractivity contribution in [2.75, 3.05) is 39.6 Å². The van der Waals surface area contributed by atoms with Crippen LogP contribution in [0.1, 0.15) is 324 Å². The number of hydrogen-bond acceptors (Lipinski definition) is 15. The Hall–Kier alpha value is -1.94. The van der Waals surface area contributed by atoms with Gasteiger partial charge in [0.05, 0.1) is 26.4 Å². The standard InChI is InChI=1S/C65H126O17P2/c1-7-10-12-14-16-17-24-31-37-43-49-64(69)81-60(53-75-62(67)47-41-35-27-15-13-11-8-2)55-79-83(71,72)77-51-59(66)52-78-84(73,74)80-56-61(54-76-63(68)48-42-36-30-25-20-18-22-28-33-39-45-57(4)5)82-65(70)50-44-38-32-26-21-19-23-29-34-40-46-58(6)9-3/h57-61,66H,7-56H2,1-6H3,(H,71,72)(H,73,74)/t58?,59-,60+,61+/m0/s1. The van der Waals surface area contributed by atoms with Gasteiger partial charge in [-0.05, 0) is 37.5 Å². The number of hydrogen-bond donors (Lipinski definition) is 3. The van der Waals surface area contributed by atoms with E-state index < -0.39 is 97.5 Å². The third-order valence-electron chi connectivity index (χ3n) is 15.3. The van der Waals surface area contributed by atoms with Crippen molar-refractivity contribution in [1.82, 2.24) is 0 Å². The van der Waals surface area contributed by atoms with E-state index in [9.17, 15) is 43.2 Å². The van der Waals surface area contributed by atoms with E-state index in [1.807, 2.05) is 0 Å². The molecule has 0 rings (SSSR count). The minimum atomic E-state index is -4.95. The Morgan fingerprint density at radius 2 is 0.607 bits per heavy atom. The summed E-state index contributed by atoms with van der Waals surface area (Å²) < 4.78 is 68.0. The van der Waals surface area contributed by atoms with E-state index in [0.717, 1.165) is 115 Å². The van der Waals surface area contributed by atoms with Gasteiger partial charge in [-0.25, -0.2) is 9.13 Å². The SMILES string of the molecule is CCCCCCCCCCCCC(=O)O[C@H](COC(=O)CCCCCCCCC)COP(=O)(O)OC[C@H](O)COP(=O)(O)OC[C@@H](COC(=O)CCCCCCCCCCCCC(C)C)OC(=O)CCCCCCCCCCCCC(C)CC. The van der Waals surface area contributed by atoms with Crippen molar-refractivity contribution in [3.05, 3.63) is 0 Å². The van der Waals surface area contributed by atoms with Gasteiger partial charge < -0.3 is 33.8 Å². The maximum atomic E-state index is 13.0. The molecule has 3 N–H and O–H groups in total. The number of aliphatic hydroxyl groups excluding tert-OH is 1. The molecule has 0 aliphatic rings. The van der Waals surface area contributed by atoms with Crippen LogP contribution >= 0.6 is 15.6 Å². The third kappa shape index (κ3) is 57.8. The van der Waals surface area contributed by atoms with E-state index in [0.29, 0.717) is 25.7 Å². The molecule has 0 saturated heterocycles. The molecule has 0 aliphatic heterocycles. The van der Waals surface area contributed by atoms with Gasteiger partial charge in [0.1, 0.15) is 19.3 Å². The first-order valence-electron chi connectivity index (χ1n) is 34.0. The molecule has 0 aromatic rings. The molecule has 0 spiro atoms. The van der Waals surface area contributed by atoms with Crippen molar-refractivity contribution < 1.29 is 80.2 Å². The summed E-state index contributed by atoms with van der Waals surface area (Å²) in [6.45, 7) is 9.48. The van der Waals surface area contributed by atoms with Crippen LogP contribution in [0, 0.1) is 11.8 Å². The molecule has 19 heteroatoms. The second-order valence-corrected chi connectivity index (χ2v) is 27.1. The molecule has 498 valence electrons. The van der Waals surface area contributed by atoms with Crippen molar-refractivity contribution in [3.63, 3.8) is 0 Å². The Morgan fingerprint density at radius 1 is 0.345 bits per heavy atom. The fraction of sp³-hybridized carbons (Fsp3) is 0.938. The number of esters is 4. The predicted molar refractivity (Wildman–Crippen MR) is 335 cm³/mol. The van der Waals surface area contributed by atoms with Gasteiger partial charge in [-0.3, -0.25) is 37.3 Å². The zero-order valence-electron chi connectivity index (χ0n) is 54.2. The third-order valence-corrected chi connectivity index (χ3v) is 17.2. The Kier molecular flexibility index (Phi) is 56.2. The summed E-state index contributed by atoms with van der Waals surface area (Å²) in [5.41, 5.74) is 0. The Labute approximate surface area is 511 Å². The number of phosphoric acid groups is 2. The van der Waals surface area contributed by atoms with Crippen LogP contribution < -0.4 is 0 Å². The predicted octanol–water partition coefficient (Wildman–Crippen LogP) is 18.0. The molecule has 0 amide bonds. The first-order valence-corrected chi connectivity index (χ1v) is 37.0. The molecule has 0 bridgehead atoms. The molecule has 0 heterocycles. The van der Waals surface area contributed by atoms with E-state index in [4.69, 9.17) is 37.0 Å². The van der Waals surface area contributed by atoms with Gasteiger partial charge in [0.25, 0.3) is 0 Å². The largest absolute Gasteiger partial charge is 0.472 e. The van der Waals surface area contributed by atoms with Gasteiger partial charge in [0.15, 0.2) is 12.2 Å². The highest BCUT2D eigenvalue weighted by atomic mass is 31.2. The average molecular weight is 1240 g/mol. The Balaban J connectivity index is 5.22. The van der Waals surface area contributed by atoms with Gasteiger partial charge in [0, 0.05) is 25.7 Å². The highest BCUT2D eigenvalue weighted by Gasteiger charge is 2.30. The zero-order chi connectivity index (χ0) is 62.2. The second-order valence-electron chi connectivity index (χ2n) is 24.2. The van der Waals surface area contributed by atoms with E-state index in [1.54, 1.807) is 0 Å². The highest BCUT2D eigenvalue weighted by molar-refractivity contribution is 7.47. The lowest BCUT2D eigenvalue weighted by molar-refractivity contribution is -0.161. The van der Waals surface area contributed by atoms with Crippen molar-refractivity contribution in [2.24, 2.45) is 11.8 Å². The van der Waals surface area contributed by atoms with Crippen LogP contribution in [-0.4, -0.2) is 96.7 Å². The lowest BCUT2D eigenvalue weighted by Crippen LogP contribution is -2.30.